The number of carbonyl (C=O) groups excluding carboxylic acids is 3. The summed E-state index contributed by atoms with van der Waals surface area (Å²) in [5.41, 5.74) is 1.31. The Morgan fingerprint density at radius 2 is 2.10 bits per heavy atom. The fourth-order valence-corrected chi connectivity index (χ4v) is 3.21. The van der Waals surface area contributed by atoms with Gasteiger partial charge in [0.1, 0.15) is 11.8 Å². The van der Waals surface area contributed by atoms with Gasteiger partial charge >= 0.3 is 0 Å². The monoisotopic (exact) mass is 352 g/mol. The van der Waals surface area contributed by atoms with Crippen LogP contribution in [0.1, 0.15) is 28.8 Å². The van der Waals surface area contributed by atoms with Crippen molar-refractivity contribution in [3.63, 3.8) is 0 Å². The lowest BCUT2D eigenvalue weighted by Crippen LogP contribution is -2.52. The lowest BCUT2D eigenvalue weighted by Gasteiger charge is -2.29. The molecule has 0 spiro atoms. The molecule has 3 rings (SSSR count). The first-order chi connectivity index (χ1) is 10.0. The molecule has 7 heteroatoms. The van der Waals surface area contributed by atoms with Crippen LogP contribution in [0.5, 0.6) is 5.75 Å². The molecule has 3 amide bonds. The zero-order chi connectivity index (χ0) is 15.1. The van der Waals surface area contributed by atoms with Gasteiger partial charge in [-0.2, -0.15) is 0 Å². The van der Waals surface area contributed by atoms with Crippen molar-refractivity contribution in [3.8, 4) is 5.75 Å². The second-order valence-electron chi connectivity index (χ2n) is 5.03. The quantitative estimate of drug-likeness (QED) is 0.812. The second-order valence-corrected chi connectivity index (χ2v) is 5.95. The van der Waals surface area contributed by atoms with Crippen molar-refractivity contribution in [1.29, 1.82) is 0 Å². The SMILES string of the molecule is COc1cc(Br)cc2c1CN(C1CCC(=O)NC1=O)C2=O. The van der Waals surface area contributed by atoms with Gasteiger partial charge in [0.25, 0.3) is 5.91 Å². The number of imide groups is 1. The van der Waals surface area contributed by atoms with Gasteiger partial charge < -0.3 is 9.64 Å². The summed E-state index contributed by atoms with van der Waals surface area (Å²) in [6.07, 6.45) is 0.602. The Balaban J connectivity index is 1.93. The van der Waals surface area contributed by atoms with E-state index in [9.17, 15) is 14.4 Å². The molecule has 0 bridgehead atoms. The van der Waals surface area contributed by atoms with Crippen molar-refractivity contribution >= 4 is 33.7 Å². The minimum absolute atomic E-state index is 0.209. The van der Waals surface area contributed by atoms with Crippen LogP contribution >= 0.6 is 15.9 Å². The van der Waals surface area contributed by atoms with Crippen molar-refractivity contribution in [2.24, 2.45) is 0 Å². The number of halogens is 1. The third-order valence-corrected chi connectivity index (χ3v) is 4.26. The first kappa shape index (κ1) is 14.1. The van der Waals surface area contributed by atoms with Gasteiger partial charge in [0.2, 0.25) is 11.8 Å². The van der Waals surface area contributed by atoms with Crippen molar-refractivity contribution in [2.75, 3.05) is 7.11 Å². The topological polar surface area (TPSA) is 75.7 Å². The molecule has 0 aromatic heterocycles. The molecule has 1 unspecified atom stereocenters. The summed E-state index contributed by atoms with van der Waals surface area (Å²) < 4.78 is 6.05. The Hall–Kier alpha value is -1.89. The molecule has 2 aliphatic heterocycles. The van der Waals surface area contributed by atoms with E-state index in [0.29, 0.717) is 24.3 Å². The van der Waals surface area contributed by atoms with Crippen molar-refractivity contribution < 1.29 is 19.1 Å². The number of carbonyl (C=O) groups is 3. The van der Waals surface area contributed by atoms with E-state index in [2.05, 4.69) is 21.2 Å². The van der Waals surface area contributed by atoms with Gasteiger partial charge in [-0.3, -0.25) is 19.7 Å². The van der Waals surface area contributed by atoms with E-state index in [1.165, 1.54) is 4.90 Å². The standard InChI is InChI=1S/C14H13BrN2O4/c1-21-11-5-7(15)4-8-9(11)6-17(14(8)20)10-2-3-12(18)16-13(10)19/h4-5,10H,2-3,6H2,1H3,(H,16,18,19). The van der Waals surface area contributed by atoms with Gasteiger partial charge in [0.05, 0.1) is 13.7 Å². The minimum Gasteiger partial charge on any atom is -0.496 e. The number of hydrogen-bond donors (Lipinski definition) is 1. The van der Waals surface area contributed by atoms with Crippen LogP contribution in [0.3, 0.4) is 0 Å². The van der Waals surface area contributed by atoms with Gasteiger partial charge in [-0.05, 0) is 18.6 Å². The molecule has 1 fully saturated rings. The molecule has 1 aromatic rings. The molecule has 6 nitrogen and oxygen atoms in total. The van der Waals surface area contributed by atoms with Crippen LogP contribution in [-0.4, -0.2) is 35.8 Å². The maximum absolute atomic E-state index is 12.5. The Morgan fingerprint density at radius 1 is 1.33 bits per heavy atom. The van der Waals surface area contributed by atoms with Gasteiger partial charge in [-0.25, -0.2) is 0 Å². The summed E-state index contributed by atoms with van der Waals surface area (Å²) in [5.74, 6) is -0.298. The highest BCUT2D eigenvalue weighted by atomic mass is 79.9. The fourth-order valence-electron chi connectivity index (χ4n) is 2.78. The highest BCUT2D eigenvalue weighted by Crippen LogP contribution is 2.35. The Labute approximate surface area is 129 Å². The van der Waals surface area contributed by atoms with Gasteiger partial charge in [0.15, 0.2) is 0 Å². The normalized spacial score (nSPS) is 21.3. The summed E-state index contributed by atoms with van der Waals surface area (Å²) in [7, 11) is 1.54. The average molecular weight is 353 g/mol. The van der Waals surface area contributed by atoms with E-state index in [0.717, 1.165) is 10.0 Å². The van der Waals surface area contributed by atoms with Crippen LogP contribution in [0.25, 0.3) is 0 Å². The number of piperidine rings is 1. The second kappa shape index (κ2) is 5.14. The number of rotatable bonds is 2. The zero-order valence-electron chi connectivity index (χ0n) is 11.3. The fraction of sp³-hybridized carbons (Fsp3) is 0.357. The molecule has 0 radical (unpaired) electrons. The summed E-state index contributed by atoms with van der Waals surface area (Å²) in [4.78, 5) is 37.2. The molecular formula is C14H13BrN2O4. The molecule has 2 heterocycles. The molecule has 1 atom stereocenters. The predicted molar refractivity (Wildman–Crippen MR) is 76.7 cm³/mol. The zero-order valence-corrected chi connectivity index (χ0v) is 12.9. The lowest BCUT2D eigenvalue weighted by atomic mass is 10.0. The molecule has 1 saturated heterocycles. The highest BCUT2D eigenvalue weighted by molar-refractivity contribution is 9.10. The maximum Gasteiger partial charge on any atom is 0.255 e. The van der Waals surface area contributed by atoms with Gasteiger partial charge in [-0.15, -0.1) is 0 Å². The molecule has 110 valence electrons. The molecule has 1 N–H and O–H groups in total. The highest BCUT2D eigenvalue weighted by Gasteiger charge is 2.40. The predicted octanol–water partition coefficient (Wildman–Crippen LogP) is 1.22. The Morgan fingerprint density at radius 3 is 2.76 bits per heavy atom. The van der Waals surface area contributed by atoms with Crippen molar-refractivity contribution in [2.45, 2.75) is 25.4 Å². The van der Waals surface area contributed by atoms with Gasteiger partial charge in [0, 0.05) is 22.0 Å². The number of amides is 3. The summed E-state index contributed by atoms with van der Waals surface area (Å²) in [6.45, 7) is 0.316. The Kier molecular flexibility index (Phi) is 3.44. The van der Waals surface area contributed by atoms with E-state index < -0.39 is 11.9 Å². The van der Waals surface area contributed by atoms with Crippen LogP contribution < -0.4 is 10.1 Å². The Bertz CT molecular complexity index is 659. The van der Waals surface area contributed by atoms with Crippen LogP contribution in [0.2, 0.25) is 0 Å². The number of benzene rings is 1. The number of methoxy groups -OCH3 is 1. The van der Waals surface area contributed by atoms with E-state index in [4.69, 9.17) is 4.74 Å². The number of fused-ring (bicyclic) bond motifs is 1. The van der Waals surface area contributed by atoms with E-state index >= 15 is 0 Å². The van der Waals surface area contributed by atoms with Crippen LogP contribution in [0.4, 0.5) is 0 Å². The third-order valence-electron chi connectivity index (χ3n) is 3.80. The van der Waals surface area contributed by atoms with E-state index in [1.54, 1.807) is 19.2 Å². The number of nitrogens with zero attached hydrogens (tertiary/aromatic N) is 1. The van der Waals surface area contributed by atoms with E-state index in [-0.39, 0.29) is 18.2 Å². The molecule has 0 aliphatic carbocycles. The maximum atomic E-state index is 12.5. The summed E-state index contributed by atoms with van der Waals surface area (Å²) in [6, 6.07) is 2.91. The number of nitrogens with one attached hydrogen (secondary N) is 1. The average Bonchev–Trinajstić information content (AvgIpc) is 2.76. The largest absolute Gasteiger partial charge is 0.496 e. The minimum atomic E-state index is -0.605. The van der Waals surface area contributed by atoms with Crippen molar-refractivity contribution in [3.05, 3.63) is 27.7 Å². The van der Waals surface area contributed by atoms with Crippen molar-refractivity contribution in [1.82, 2.24) is 10.2 Å². The smallest absolute Gasteiger partial charge is 0.255 e. The molecular weight excluding hydrogens is 340 g/mol. The molecule has 0 saturated carbocycles. The van der Waals surface area contributed by atoms with Crippen LogP contribution in [0, 0.1) is 0 Å². The van der Waals surface area contributed by atoms with Crippen LogP contribution in [-0.2, 0) is 16.1 Å². The van der Waals surface area contributed by atoms with Gasteiger partial charge in [-0.1, -0.05) is 15.9 Å². The molecule has 21 heavy (non-hydrogen) atoms. The molecule has 2 aliphatic rings. The van der Waals surface area contributed by atoms with Crippen LogP contribution in [0.15, 0.2) is 16.6 Å². The number of hydrogen-bond acceptors (Lipinski definition) is 4. The summed E-state index contributed by atoms with van der Waals surface area (Å²) >= 11 is 3.35. The number of ether oxygens (including phenoxy) is 1. The molecule has 1 aromatic carbocycles. The third kappa shape index (κ3) is 2.31. The lowest BCUT2D eigenvalue weighted by molar-refractivity contribution is -0.136. The first-order valence-electron chi connectivity index (χ1n) is 6.52. The van der Waals surface area contributed by atoms with E-state index in [1.807, 2.05) is 0 Å². The first-order valence-corrected chi connectivity index (χ1v) is 7.31. The summed E-state index contributed by atoms with van der Waals surface area (Å²) in [5, 5.41) is 2.28.